The summed E-state index contributed by atoms with van der Waals surface area (Å²) in [5.74, 6) is 0.759. The summed E-state index contributed by atoms with van der Waals surface area (Å²) < 4.78 is 5.10. The monoisotopic (exact) mass is 256 g/mol. The molecule has 1 amide bonds. The number of piperidine rings is 1. The van der Waals surface area contributed by atoms with Gasteiger partial charge >= 0.3 is 0 Å². The number of ether oxygens (including phenoxy) is 1. The minimum Gasteiger partial charge on any atom is -0.490 e. The third-order valence-corrected chi connectivity index (χ3v) is 2.83. The zero-order valence-corrected chi connectivity index (χ0v) is 10.1. The SMILES string of the molecule is COc1c(Cl)ncnc1NC1CCCNC1=O. The van der Waals surface area contributed by atoms with E-state index in [9.17, 15) is 4.79 Å². The van der Waals surface area contributed by atoms with Gasteiger partial charge in [0, 0.05) is 6.54 Å². The van der Waals surface area contributed by atoms with Gasteiger partial charge in [-0.1, -0.05) is 11.6 Å². The summed E-state index contributed by atoms with van der Waals surface area (Å²) in [6, 6.07) is -0.302. The van der Waals surface area contributed by atoms with E-state index >= 15 is 0 Å². The Morgan fingerprint density at radius 1 is 1.59 bits per heavy atom. The fraction of sp³-hybridized carbons (Fsp3) is 0.500. The summed E-state index contributed by atoms with van der Waals surface area (Å²) in [5.41, 5.74) is 0. The number of anilines is 1. The second kappa shape index (κ2) is 5.18. The van der Waals surface area contributed by atoms with Gasteiger partial charge in [0.05, 0.1) is 7.11 Å². The van der Waals surface area contributed by atoms with Crippen LogP contribution in [0.3, 0.4) is 0 Å². The molecule has 6 nitrogen and oxygen atoms in total. The maximum Gasteiger partial charge on any atom is 0.242 e. The quantitative estimate of drug-likeness (QED) is 0.784. The predicted molar refractivity (Wildman–Crippen MR) is 63.2 cm³/mol. The molecule has 17 heavy (non-hydrogen) atoms. The van der Waals surface area contributed by atoms with E-state index in [0.29, 0.717) is 11.6 Å². The van der Waals surface area contributed by atoms with Crippen molar-refractivity contribution in [2.75, 3.05) is 19.0 Å². The summed E-state index contributed by atoms with van der Waals surface area (Å²) in [5, 5.41) is 6.03. The maximum atomic E-state index is 11.6. The van der Waals surface area contributed by atoms with Crippen molar-refractivity contribution in [1.29, 1.82) is 0 Å². The Hall–Kier alpha value is -1.56. The van der Waals surface area contributed by atoms with Crippen molar-refractivity contribution in [2.24, 2.45) is 0 Å². The Kier molecular flexibility index (Phi) is 3.63. The number of amides is 1. The molecule has 92 valence electrons. The first-order valence-corrected chi connectivity index (χ1v) is 5.69. The van der Waals surface area contributed by atoms with Gasteiger partial charge in [-0.15, -0.1) is 0 Å². The van der Waals surface area contributed by atoms with E-state index in [-0.39, 0.29) is 17.1 Å². The van der Waals surface area contributed by atoms with Crippen LogP contribution in [0.25, 0.3) is 0 Å². The van der Waals surface area contributed by atoms with E-state index < -0.39 is 0 Å². The molecule has 0 bridgehead atoms. The van der Waals surface area contributed by atoms with Gasteiger partial charge in [0.15, 0.2) is 16.7 Å². The second-order valence-electron chi connectivity index (χ2n) is 3.68. The van der Waals surface area contributed by atoms with Gasteiger partial charge in [-0.05, 0) is 12.8 Å². The van der Waals surface area contributed by atoms with Gasteiger partial charge in [0.1, 0.15) is 12.4 Å². The smallest absolute Gasteiger partial charge is 0.242 e. The standard InChI is InChI=1S/C10H13ClN4O2/c1-17-7-8(11)13-5-14-9(7)15-6-3-2-4-12-10(6)16/h5-6H,2-4H2,1H3,(H,12,16)(H,13,14,15). The highest BCUT2D eigenvalue weighted by atomic mass is 35.5. The van der Waals surface area contributed by atoms with E-state index in [0.717, 1.165) is 19.4 Å². The molecule has 1 aromatic rings. The maximum absolute atomic E-state index is 11.6. The highest BCUT2D eigenvalue weighted by molar-refractivity contribution is 6.31. The molecule has 0 radical (unpaired) electrons. The fourth-order valence-electron chi connectivity index (χ4n) is 1.71. The van der Waals surface area contributed by atoms with Gasteiger partial charge in [-0.3, -0.25) is 4.79 Å². The Balaban J connectivity index is 2.17. The molecule has 1 atom stereocenters. The van der Waals surface area contributed by atoms with E-state index in [2.05, 4.69) is 20.6 Å². The number of nitrogens with one attached hydrogen (secondary N) is 2. The molecular formula is C10H13ClN4O2. The number of carbonyl (C=O) groups excluding carboxylic acids is 1. The van der Waals surface area contributed by atoms with Crippen molar-refractivity contribution < 1.29 is 9.53 Å². The lowest BCUT2D eigenvalue weighted by Gasteiger charge is -2.23. The van der Waals surface area contributed by atoms with Crippen LogP contribution in [-0.2, 0) is 4.79 Å². The number of hydrogen-bond donors (Lipinski definition) is 2. The highest BCUT2D eigenvalue weighted by Gasteiger charge is 2.23. The molecule has 0 aliphatic carbocycles. The zero-order valence-electron chi connectivity index (χ0n) is 9.36. The van der Waals surface area contributed by atoms with Crippen LogP contribution in [0.5, 0.6) is 5.75 Å². The first kappa shape index (κ1) is 11.9. The largest absolute Gasteiger partial charge is 0.490 e. The van der Waals surface area contributed by atoms with Gasteiger partial charge in [0.2, 0.25) is 5.91 Å². The van der Waals surface area contributed by atoms with Gasteiger partial charge in [0.25, 0.3) is 0 Å². The number of nitrogens with zero attached hydrogens (tertiary/aromatic N) is 2. The Morgan fingerprint density at radius 3 is 3.12 bits per heavy atom. The predicted octanol–water partition coefficient (Wildman–Crippen LogP) is 0.829. The minimum absolute atomic E-state index is 0.0342. The number of rotatable bonds is 3. The summed E-state index contributed by atoms with van der Waals surface area (Å²) in [6.45, 7) is 0.721. The Labute approximate surface area is 104 Å². The summed E-state index contributed by atoms with van der Waals surface area (Å²) in [4.78, 5) is 19.4. The number of hydrogen-bond acceptors (Lipinski definition) is 5. The molecule has 0 spiro atoms. The van der Waals surface area contributed by atoms with Crippen LogP contribution in [-0.4, -0.2) is 35.6 Å². The van der Waals surface area contributed by atoms with Gasteiger partial charge in [-0.25, -0.2) is 9.97 Å². The lowest BCUT2D eigenvalue weighted by Crippen LogP contribution is -2.44. The third kappa shape index (κ3) is 2.58. The van der Waals surface area contributed by atoms with Crippen LogP contribution >= 0.6 is 11.6 Å². The average Bonchev–Trinajstić information content (AvgIpc) is 2.32. The van der Waals surface area contributed by atoms with E-state index in [1.54, 1.807) is 0 Å². The molecule has 0 aromatic carbocycles. The molecule has 1 aliphatic rings. The fourth-order valence-corrected chi connectivity index (χ4v) is 1.92. The van der Waals surface area contributed by atoms with E-state index in [1.165, 1.54) is 13.4 Å². The average molecular weight is 257 g/mol. The first-order valence-electron chi connectivity index (χ1n) is 5.31. The van der Waals surface area contributed by atoms with Crippen LogP contribution in [0.15, 0.2) is 6.33 Å². The summed E-state index contributed by atoms with van der Waals surface area (Å²) in [7, 11) is 1.48. The van der Waals surface area contributed by atoms with E-state index in [1.807, 2.05) is 0 Å². The molecule has 0 saturated carbocycles. The molecule has 1 saturated heterocycles. The van der Waals surface area contributed by atoms with Crippen LogP contribution in [0.1, 0.15) is 12.8 Å². The summed E-state index contributed by atoms with van der Waals surface area (Å²) in [6.07, 6.45) is 3.02. The lowest BCUT2D eigenvalue weighted by atomic mass is 10.1. The molecule has 1 unspecified atom stereocenters. The topological polar surface area (TPSA) is 76.1 Å². The number of carbonyl (C=O) groups is 1. The molecule has 2 N–H and O–H groups in total. The van der Waals surface area contributed by atoms with Crippen LogP contribution in [0.2, 0.25) is 5.15 Å². The van der Waals surface area contributed by atoms with Gasteiger partial charge < -0.3 is 15.4 Å². The third-order valence-electron chi connectivity index (χ3n) is 2.56. The van der Waals surface area contributed by atoms with Crippen LogP contribution < -0.4 is 15.4 Å². The van der Waals surface area contributed by atoms with Crippen LogP contribution in [0, 0.1) is 0 Å². The van der Waals surface area contributed by atoms with Gasteiger partial charge in [-0.2, -0.15) is 0 Å². The highest BCUT2D eigenvalue weighted by Crippen LogP contribution is 2.29. The number of methoxy groups -OCH3 is 1. The minimum atomic E-state index is -0.302. The van der Waals surface area contributed by atoms with Crippen molar-refractivity contribution in [3.63, 3.8) is 0 Å². The molecule has 7 heteroatoms. The molecule has 1 aliphatic heterocycles. The molecule has 2 rings (SSSR count). The van der Waals surface area contributed by atoms with Crippen molar-refractivity contribution in [3.05, 3.63) is 11.5 Å². The summed E-state index contributed by atoms with van der Waals surface area (Å²) >= 11 is 5.87. The second-order valence-corrected chi connectivity index (χ2v) is 4.03. The number of halogens is 1. The van der Waals surface area contributed by atoms with E-state index in [4.69, 9.17) is 16.3 Å². The number of aromatic nitrogens is 2. The molecule has 2 heterocycles. The Bertz CT molecular complexity index is 427. The molecular weight excluding hydrogens is 244 g/mol. The zero-order chi connectivity index (χ0) is 12.3. The van der Waals surface area contributed by atoms with Crippen LogP contribution in [0.4, 0.5) is 5.82 Å². The lowest BCUT2D eigenvalue weighted by molar-refractivity contribution is -0.123. The van der Waals surface area contributed by atoms with Crippen molar-refractivity contribution >= 4 is 23.3 Å². The normalized spacial score (nSPS) is 19.6. The molecule has 1 aromatic heterocycles. The van der Waals surface area contributed by atoms with Crippen molar-refractivity contribution in [1.82, 2.24) is 15.3 Å². The Morgan fingerprint density at radius 2 is 2.41 bits per heavy atom. The van der Waals surface area contributed by atoms with Crippen molar-refractivity contribution in [2.45, 2.75) is 18.9 Å². The van der Waals surface area contributed by atoms with Crippen molar-refractivity contribution in [3.8, 4) is 5.75 Å². The first-order chi connectivity index (χ1) is 8.22. The molecule has 1 fully saturated rings.